The molecule has 0 saturated heterocycles. The van der Waals surface area contributed by atoms with E-state index >= 15 is 0 Å². The molecule has 4 heteroatoms. The van der Waals surface area contributed by atoms with Crippen LogP contribution in [0.25, 0.3) is 0 Å². The Morgan fingerprint density at radius 2 is 2.31 bits per heavy atom. The number of amides is 1. The summed E-state index contributed by atoms with van der Waals surface area (Å²) in [5.41, 5.74) is 1.70. The van der Waals surface area contributed by atoms with E-state index in [0.29, 0.717) is 12.3 Å². The van der Waals surface area contributed by atoms with Crippen LogP contribution in [-0.2, 0) is 4.79 Å². The Labute approximate surface area is 83.3 Å². The highest BCUT2D eigenvalue weighted by atomic mass is 32.1. The summed E-state index contributed by atoms with van der Waals surface area (Å²) in [5.74, 6) is 0.355. The topological polar surface area (TPSA) is 33.2 Å². The van der Waals surface area contributed by atoms with E-state index < -0.39 is 0 Å². The van der Waals surface area contributed by atoms with Crippen LogP contribution in [0.2, 0.25) is 0 Å². The minimum Gasteiger partial charge on any atom is -0.277 e. The second-order valence-corrected chi connectivity index (χ2v) is 3.47. The number of anilines is 1. The van der Waals surface area contributed by atoms with Gasteiger partial charge in [0, 0.05) is 11.9 Å². The number of pyridine rings is 1. The Bertz CT molecular complexity index is 301. The van der Waals surface area contributed by atoms with Crippen molar-refractivity contribution >= 4 is 24.9 Å². The molecule has 1 rings (SSSR count). The lowest BCUT2D eigenvalue weighted by Gasteiger charge is -2.11. The third-order valence-corrected chi connectivity index (χ3v) is 2.05. The van der Waals surface area contributed by atoms with Gasteiger partial charge >= 0.3 is 0 Å². The largest absolute Gasteiger partial charge is 0.277 e. The van der Waals surface area contributed by atoms with Gasteiger partial charge in [-0.25, -0.2) is 0 Å². The van der Waals surface area contributed by atoms with Gasteiger partial charge in [0.25, 0.3) is 0 Å². The molecule has 13 heavy (non-hydrogen) atoms. The Morgan fingerprint density at radius 1 is 1.62 bits per heavy atom. The molecule has 0 radical (unpaired) electrons. The van der Waals surface area contributed by atoms with Gasteiger partial charge in [0.2, 0.25) is 6.41 Å². The van der Waals surface area contributed by atoms with E-state index in [1.807, 2.05) is 6.07 Å². The van der Waals surface area contributed by atoms with Gasteiger partial charge < -0.3 is 0 Å². The molecule has 0 aliphatic heterocycles. The normalized spacial score (nSPS) is 10.2. The van der Waals surface area contributed by atoms with Crippen molar-refractivity contribution in [2.75, 3.05) is 4.31 Å². The average molecular weight is 196 g/mol. The maximum absolute atomic E-state index is 10.4. The maximum Gasteiger partial charge on any atom is 0.224 e. The lowest BCUT2D eigenvalue weighted by atomic mass is 10.1. The van der Waals surface area contributed by atoms with Gasteiger partial charge in [-0.2, -0.15) is 0 Å². The second kappa shape index (κ2) is 4.28. The third kappa shape index (κ3) is 2.45. The van der Waals surface area contributed by atoms with Crippen LogP contribution in [0.15, 0.2) is 18.3 Å². The molecule has 0 unspecified atom stereocenters. The van der Waals surface area contributed by atoms with E-state index in [1.54, 1.807) is 12.3 Å². The number of rotatable bonds is 3. The zero-order valence-corrected chi connectivity index (χ0v) is 8.53. The van der Waals surface area contributed by atoms with E-state index in [2.05, 4.69) is 31.6 Å². The van der Waals surface area contributed by atoms with Gasteiger partial charge in [0.1, 0.15) is 0 Å². The zero-order valence-electron chi connectivity index (χ0n) is 7.64. The molecule has 1 aromatic heterocycles. The Morgan fingerprint density at radius 3 is 2.85 bits per heavy atom. The van der Waals surface area contributed by atoms with E-state index in [9.17, 15) is 4.79 Å². The SMILES string of the molecule is CC(C)c1cc(N(S)C=O)ccn1. The van der Waals surface area contributed by atoms with Crippen molar-refractivity contribution < 1.29 is 4.79 Å². The third-order valence-electron chi connectivity index (χ3n) is 1.72. The summed E-state index contributed by atoms with van der Waals surface area (Å²) in [4.78, 5) is 14.6. The molecule has 0 bridgehead atoms. The number of hydrogen-bond donors (Lipinski definition) is 1. The van der Waals surface area contributed by atoms with Gasteiger partial charge in [-0.1, -0.05) is 26.7 Å². The fourth-order valence-corrected chi connectivity index (χ4v) is 1.08. The molecule has 1 heterocycles. The Kier molecular flexibility index (Phi) is 3.31. The number of carbonyl (C=O) groups excluding carboxylic acids is 1. The van der Waals surface area contributed by atoms with Crippen molar-refractivity contribution in [1.82, 2.24) is 4.98 Å². The molecule has 0 atom stereocenters. The van der Waals surface area contributed by atoms with Crippen molar-refractivity contribution in [1.29, 1.82) is 0 Å². The van der Waals surface area contributed by atoms with Crippen molar-refractivity contribution in [3.05, 3.63) is 24.0 Å². The first kappa shape index (κ1) is 10.1. The minimum absolute atomic E-state index is 0.355. The number of aromatic nitrogens is 1. The number of carbonyl (C=O) groups is 1. The quantitative estimate of drug-likeness (QED) is 0.592. The van der Waals surface area contributed by atoms with Crippen LogP contribution in [0, 0.1) is 0 Å². The summed E-state index contributed by atoms with van der Waals surface area (Å²) in [6.45, 7) is 4.10. The van der Waals surface area contributed by atoms with E-state index in [0.717, 1.165) is 11.4 Å². The summed E-state index contributed by atoms with van der Waals surface area (Å²) < 4.78 is 1.23. The number of thiol groups is 1. The molecule has 0 aliphatic rings. The monoisotopic (exact) mass is 196 g/mol. The predicted octanol–water partition coefficient (Wildman–Crippen LogP) is 2.01. The highest BCUT2D eigenvalue weighted by Gasteiger charge is 2.04. The van der Waals surface area contributed by atoms with Crippen molar-refractivity contribution in [3.63, 3.8) is 0 Å². The fourth-order valence-electron chi connectivity index (χ4n) is 0.956. The summed E-state index contributed by atoms with van der Waals surface area (Å²) in [6.07, 6.45) is 2.33. The van der Waals surface area contributed by atoms with Crippen molar-refractivity contribution in [2.24, 2.45) is 0 Å². The molecular weight excluding hydrogens is 184 g/mol. The standard InChI is InChI=1S/C9H12N2OS/c1-7(2)9-5-8(3-4-10-9)11(13)6-12/h3-7,13H,1-2H3. The first-order valence-electron chi connectivity index (χ1n) is 4.04. The van der Waals surface area contributed by atoms with Gasteiger partial charge in [-0.05, 0) is 18.1 Å². The Balaban J connectivity index is 2.97. The molecule has 0 fully saturated rings. The summed E-state index contributed by atoms with van der Waals surface area (Å²) in [6, 6.07) is 3.60. The van der Waals surface area contributed by atoms with Gasteiger partial charge in [0.05, 0.1) is 5.69 Å². The second-order valence-electron chi connectivity index (χ2n) is 3.04. The minimum atomic E-state index is 0.355. The molecule has 1 amide bonds. The van der Waals surface area contributed by atoms with Crippen LogP contribution in [0.1, 0.15) is 25.5 Å². The molecule has 3 nitrogen and oxygen atoms in total. The van der Waals surface area contributed by atoms with E-state index in [1.165, 1.54) is 4.31 Å². The summed E-state index contributed by atoms with van der Waals surface area (Å²) >= 11 is 3.97. The van der Waals surface area contributed by atoms with Crippen LogP contribution in [0.3, 0.4) is 0 Å². The van der Waals surface area contributed by atoms with Crippen LogP contribution in [0.5, 0.6) is 0 Å². The molecule has 1 aromatic rings. The van der Waals surface area contributed by atoms with Crippen LogP contribution in [-0.4, -0.2) is 11.4 Å². The fraction of sp³-hybridized carbons (Fsp3) is 0.333. The average Bonchev–Trinajstić information content (AvgIpc) is 2.17. The highest BCUT2D eigenvalue weighted by molar-refractivity contribution is 7.82. The summed E-state index contributed by atoms with van der Waals surface area (Å²) in [7, 11) is 0. The molecule has 0 aliphatic carbocycles. The van der Waals surface area contributed by atoms with Gasteiger partial charge in [-0.3, -0.25) is 14.1 Å². The lowest BCUT2D eigenvalue weighted by molar-refractivity contribution is -0.106. The number of hydrogen-bond acceptors (Lipinski definition) is 3. The van der Waals surface area contributed by atoms with Gasteiger partial charge in [0.15, 0.2) is 0 Å². The Hall–Kier alpha value is -1.03. The first-order valence-corrected chi connectivity index (χ1v) is 4.44. The van der Waals surface area contributed by atoms with E-state index in [4.69, 9.17) is 0 Å². The molecule has 70 valence electrons. The predicted molar refractivity (Wildman–Crippen MR) is 55.9 cm³/mol. The van der Waals surface area contributed by atoms with E-state index in [-0.39, 0.29) is 0 Å². The van der Waals surface area contributed by atoms with Crippen molar-refractivity contribution in [3.8, 4) is 0 Å². The highest BCUT2D eigenvalue weighted by Crippen LogP contribution is 2.19. The molecule has 0 saturated carbocycles. The van der Waals surface area contributed by atoms with Crippen LogP contribution in [0.4, 0.5) is 5.69 Å². The molecule has 0 spiro atoms. The number of nitrogens with zero attached hydrogens (tertiary/aromatic N) is 2. The van der Waals surface area contributed by atoms with Crippen LogP contribution < -0.4 is 4.31 Å². The van der Waals surface area contributed by atoms with Crippen LogP contribution >= 0.6 is 12.8 Å². The molecular formula is C9H12N2OS. The van der Waals surface area contributed by atoms with Crippen molar-refractivity contribution in [2.45, 2.75) is 19.8 Å². The smallest absolute Gasteiger partial charge is 0.224 e. The maximum atomic E-state index is 10.4. The first-order chi connectivity index (χ1) is 6.15. The van der Waals surface area contributed by atoms with Gasteiger partial charge in [-0.15, -0.1) is 0 Å². The zero-order chi connectivity index (χ0) is 9.84. The summed E-state index contributed by atoms with van der Waals surface area (Å²) in [5, 5.41) is 0. The molecule has 0 N–H and O–H groups in total. The lowest BCUT2D eigenvalue weighted by Crippen LogP contribution is -2.07. The molecule has 0 aromatic carbocycles.